The van der Waals surface area contributed by atoms with Crippen LogP contribution in [-0.2, 0) is 4.79 Å². The molecular formula is C17H30N2O. The fourth-order valence-corrected chi connectivity index (χ4v) is 4.40. The Kier molecular flexibility index (Phi) is 4.65. The zero-order valence-corrected chi connectivity index (χ0v) is 12.8. The molecule has 1 aliphatic heterocycles. The third kappa shape index (κ3) is 3.36. The van der Waals surface area contributed by atoms with Crippen LogP contribution < -0.4 is 10.6 Å². The molecule has 20 heavy (non-hydrogen) atoms. The minimum absolute atomic E-state index is 0.333. The number of rotatable bonds is 5. The maximum Gasteiger partial charge on any atom is 0.223 e. The Hall–Kier alpha value is -0.570. The molecule has 1 saturated heterocycles. The van der Waals surface area contributed by atoms with Gasteiger partial charge in [0.2, 0.25) is 5.91 Å². The van der Waals surface area contributed by atoms with Gasteiger partial charge in [-0.1, -0.05) is 32.1 Å². The van der Waals surface area contributed by atoms with Gasteiger partial charge in [0.1, 0.15) is 0 Å². The molecule has 1 atom stereocenters. The molecule has 1 unspecified atom stereocenters. The van der Waals surface area contributed by atoms with E-state index >= 15 is 0 Å². The molecule has 0 aromatic rings. The lowest BCUT2D eigenvalue weighted by molar-refractivity contribution is -0.123. The molecule has 114 valence electrons. The molecule has 0 aromatic carbocycles. The number of carbonyl (C=O) groups is 1. The van der Waals surface area contributed by atoms with Gasteiger partial charge in [-0.2, -0.15) is 0 Å². The SMILES string of the molecule is O=C(NCCCC1CCCCC1)C1CC12CCNCC2. The molecule has 1 amide bonds. The van der Waals surface area contributed by atoms with Crippen LogP contribution in [-0.4, -0.2) is 25.5 Å². The van der Waals surface area contributed by atoms with Crippen molar-refractivity contribution >= 4 is 5.91 Å². The van der Waals surface area contributed by atoms with Gasteiger partial charge < -0.3 is 10.6 Å². The second-order valence-electron chi connectivity index (χ2n) is 7.31. The largest absolute Gasteiger partial charge is 0.356 e. The van der Waals surface area contributed by atoms with E-state index in [2.05, 4.69) is 10.6 Å². The van der Waals surface area contributed by atoms with Gasteiger partial charge in [-0.3, -0.25) is 4.79 Å². The molecule has 3 rings (SSSR count). The van der Waals surface area contributed by atoms with Crippen LogP contribution in [0.4, 0.5) is 0 Å². The lowest BCUT2D eigenvalue weighted by Crippen LogP contribution is -2.34. The van der Waals surface area contributed by atoms with Crippen LogP contribution in [0.3, 0.4) is 0 Å². The molecule has 3 heteroatoms. The van der Waals surface area contributed by atoms with Crippen molar-refractivity contribution in [1.82, 2.24) is 10.6 Å². The van der Waals surface area contributed by atoms with E-state index in [1.165, 1.54) is 57.8 Å². The smallest absolute Gasteiger partial charge is 0.223 e. The average Bonchev–Trinajstić information content (AvgIpc) is 3.19. The molecule has 1 heterocycles. The summed E-state index contributed by atoms with van der Waals surface area (Å²) in [6.45, 7) is 3.11. The minimum atomic E-state index is 0.333. The first-order valence-electron chi connectivity index (χ1n) is 8.79. The molecule has 2 saturated carbocycles. The van der Waals surface area contributed by atoms with Crippen molar-refractivity contribution in [2.45, 2.75) is 64.2 Å². The molecule has 2 N–H and O–H groups in total. The predicted molar refractivity (Wildman–Crippen MR) is 81.5 cm³/mol. The first-order chi connectivity index (χ1) is 9.80. The highest BCUT2D eigenvalue weighted by Gasteiger charge is 2.57. The van der Waals surface area contributed by atoms with E-state index in [1.807, 2.05) is 0 Å². The van der Waals surface area contributed by atoms with Crippen LogP contribution in [0.15, 0.2) is 0 Å². The molecule has 3 nitrogen and oxygen atoms in total. The Labute approximate surface area is 123 Å². The van der Waals surface area contributed by atoms with Crippen LogP contribution in [0, 0.1) is 17.3 Å². The zero-order valence-electron chi connectivity index (χ0n) is 12.8. The number of piperidine rings is 1. The fraction of sp³-hybridized carbons (Fsp3) is 0.941. The van der Waals surface area contributed by atoms with Crippen molar-refractivity contribution in [2.24, 2.45) is 17.3 Å². The molecule has 3 aliphatic rings. The Balaban J connectivity index is 1.30. The van der Waals surface area contributed by atoms with Crippen molar-refractivity contribution in [2.75, 3.05) is 19.6 Å². The lowest BCUT2D eigenvalue weighted by Gasteiger charge is -2.23. The first-order valence-corrected chi connectivity index (χ1v) is 8.79. The summed E-state index contributed by atoms with van der Waals surface area (Å²) in [5.41, 5.74) is 0.388. The predicted octanol–water partition coefficient (Wildman–Crippen LogP) is 2.85. The van der Waals surface area contributed by atoms with E-state index in [4.69, 9.17) is 0 Å². The summed E-state index contributed by atoms with van der Waals surface area (Å²) in [5, 5.41) is 6.59. The Morgan fingerprint density at radius 3 is 2.65 bits per heavy atom. The molecule has 0 radical (unpaired) electrons. The molecule has 1 spiro atoms. The molecule has 2 aliphatic carbocycles. The van der Waals surface area contributed by atoms with Crippen LogP contribution >= 0.6 is 0 Å². The van der Waals surface area contributed by atoms with E-state index in [9.17, 15) is 4.79 Å². The second-order valence-corrected chi connectivity index (χ2v) is 7.31. The summed E-state index contributed by atoms with van der Waals surface area (Å²) in [7, 11) is 0. The standard InChI is InChI=1S/C17H30N2O/c20-16(15-13-17(15)8-11-18-12-9-17)19-10-4-7-14-5-2-1-3-6-14/h14-15,18H,1-13H2,(H,19,20). The maximum atomic E-state index is 12.2. The van der Waals surface area contributed by atoms with Crippen LogP contribution in [0.2, 0.25) is 0 Å². The van der Waals surface area contributed by atoms with Crippen molar-refractivity contribution in [3.05, 3.63) is 0 Å². The monoisotopic (exact) mass is 278 g/mol. The van der Waals surface area contributed by atoms with E-state index in [-0.39, 0.29) is 0 Å². The highest BCUT2D eigenvalue weighted by molar-refractivity contribution is 5.82. The number of hydrogen-bond donors (Lipinski definition) is 2. The van der Waals surface area contributed by atoms with Crippen molar-refractivity contribution in [1.29, 1.82) is 0 Å². The van der Waals surface area contributed by atoms with Gasteiger partial charge in [-0.15, -0.1) is 0 Å². The topological polar surface area (TPSA) is 41.1 Å². The van der Waals surface area contributed by atoms with E-state index < -0.39 is 0 Å². The van der Waals surface area contributed by atoms with E-state index in [0.717, 1.165) is 32.0 Å². The van der Waals surface area contributed by atoms with Gasteiger partial charge in [0.15, 0.2) is 0 Å². The van der Waals surface area contributed by atoms with Crippen LogP contribution in [0.25, 0.3) is 0 Å². The summed E-state index contributed by atoms with van der Waals surface area (Å²) in [6.07, 6.45) is 13.2. The maximum absolute atomic E-state index is 12.2. The molecule has 0 aromatic heterocycles. The number of carbonyl (C=O) groups excluding carboxylic acids is 1. The van der Waals surface area contributed by atoms with E-state index in [1.54, 1.807) is 0 Å². The number of hydrogen-bond acceptors (Lipinski definition) is 2. The third-order valence-electron chi connectivity index (χ3n) is 5.92. The van der Waals surface area contributed by atoms with E-state index in [0.29, 0.717) is 17.2 Å². The summed E-state index contributed by atoms with van der Waals surface area (Å²) >= 11 is 0. The van der Waals surface area contributed by atoms with Gasteiger partial charge in [0.05, 0.1) is 0 Å². The lowest BCUT2D eigenvalue weighted by atomic mass is 9.86. The highest BCUT2D eigenvalue weighted by Crippen LogP contribution is 2.58. The van der Waals surface area contributed by atoms with Crippen LogP contribution in [0.1, 0.15) is 64.2 Å². The second kappa shape index (κ2) is 6.46. The molecule has 3 fully saturated rings. The molecular weight excluding hydrogens is 248 g/mol. The number of amides is 1. The fourth-order valence-electron chi connectivity index (χ4n) is 4.40. The molecule has 0 bridgehead atoms. The van der Waals surface area contributed by atoms with Gasteiger partial charge in [0, 0.05) is 12.5 Å². The van der Waals surface area contributed by atoms with Crippen LogP contribution in [0.5, 0.6) is 0 Å². The average molecular weight is 278 g/mol. The summed E-state index contributed by atoms with van der Waals surface area (Å²) < 4.78 is 0. The Morgan fingerprint density at radius 1 is 1.15 bits per heavy atom. The third-order valence-corrected chi connectivity index (χ3v) is 5.92. The van der Waals surface area contributed by atoms with Gasteiger partial charge in [0.25, 0.3) is 0 Å². The van der Waals surface area contributed by atoms with Gasteiger partial charge in [-0.25, -0.2) is 0 Å². The summed E-state index contributed by atoms with van der Waals surface area (Å²) in [5.74, 6) is 1.62. The highest BCUT2D eigenvalue weighted by atomic mass is 16.2. The van der Waals surface area contributed by atoms with Gasteiger partial charge in [-0.05, 0) is 56.5 Å². The minimum Gasteiger partial charge on any atom is -0.356 e. The quantitative estimate of drug-likeness (QED) is 0.759. The van der Waals surface area contributed by atoms with Crippen molar-refractivity contribution in [3.63, 3.8) is 0 Å². The number of nitrogens with one attached hydrogen (secondary N) is 2. The zero-order chi connectivity index (χ0) is 13.8. The van der Waals surface area contributed by atoms with Crippen molar-refractivity contribution in [3.8, 4) is 0 Å². The Morgan fingerprint density at radius 2 is 1.90 bits per heavy atom. The normalized spacial score (nSPS) is 29.3. The first kappa shape index (κ1) is 14.4. The van der Waals surface area contributed by atoms with Crippen molar-refractivity contribution < 1.29 is 4.79 Å². The van der Waals surface area contributed by atoms with Gasteiger partial charge >= 0.3 is 0 Å². The Bertz CT molecular complexity index is 330. The summed E-state index contributed by atoms with van der Waals surface area (Å²) in [6, 6.07) is 0. The summed E-state index contributed by atoms with van der Waals surface area (Å²) in [4.78, 5) is 12.2.